The van der Waals surface area contributed by atoms with Crippen molar-refractivity contribution in [3.8, 4) is 0 Å². The highest BCUT2D eigenvalue weighted by atomic mass is 35.5. The SMILES string of the molecule is O=C(Nc1ccc2c(c1)CCC2)c1cc2n(n1)CC(c1ccc(Cl)cc1)OC2. The first kappa shape index (κ1) is 17.5. The zero-order valence-electron chi connectivity index (χ0n) is 15.3. The number of hydrogen-bond acceptors (Lipinski definition) is 3. The molecule has 6 heteroatoms. The summed E-state index contributed by atoms with van der Waals surface area (Å²) in [5.74, 6) is -0.192. The molecule has 2 heterocycles. The lowest BCUT2D eigenvalue weighted by atomic mass is 10.1. The van der Waals surface area contributed by atoms with Gasteiger partial charge in [-0.05, 0) is 66.3 Å². The first-order valence-corrected chi connectivity index (χ1v) is 9.90. The maximum absolute atomic E-state index is 12.7. The third-order valence-electron chi connectivity index (χ3n) is 5.47. The molecule has 1 aliphatic carbocycles. The number of amides is 1. The maximum Gasteiger partial charge on any atom is 0.276 e. The summed E-state index contributed by atoms with van der Waals surface area (Å²) in [6.45, 7) is 0.996. The van der Waals surface area contributed by atoms with Gasteiger partial charge in [-0.3, -0.25) is 9.48 Å². The minimum Gasteiger partial charge on any atom is -0.365 e. The lowest BCUT2D eigenvalue weighted by Gasteiger charge is -2.24. The van der Waals surface area contributed by atoms with E-state index in [0.29, 0.717) is 23.9 Å². The van der Waals surface area contributed by atoms with Crippen LogP contribution in [-0.2, 0) is 30.7 Å². The first-order chi connectivity index (χ1) is 13.7. The second kappa shape index (κ2) is 7.08. The fourth-order valence-electron chi connectivity index (χ4n) is 3.96. The zero-order chi connectivity index (χ0) is 19.1. The first-order valence-electron chi connectivity index (χ1n) is 9.53. The Morgan fingerprint density at radius 1 is 1.11 bits per heavy atom. The predicted molar refractivity (Wildman–Crippen MR) is 108 cm³/mol. The molecule has 1 amide bonds. The third kappa shape index (κ3) is 3.32. The van der Waals surface area contributed by atoms with Crippen LogP contribution >= 0.6 is 11.6 Å². The van der Waals surface area contributed by atoms with Crippen LogP contribution in [0.2, 0.25) is 5.02 Å². The minimum absolute atomic E-state index is 0.0997. The van der Waals surface area contributed by atoms with Crippen LogP contribution in [-0.4, -0.2) is 15.7 Å². The molecule has 28 heavy (non-hydrogen) atoms. The van der Waals surface area contributed by atoms with E-state index in [2.05, 4.69) is 22.5 Å². The molecule has 5 nitrogen and oxygen atoms in total. The highest BCUT2D eigenvalue weighted by Gasteiger charge is 2.24. The van der Waals surface area contributed by atoms with E-state index in [0.717, 1.165) is 29.8 Å². The molecule has 1 unspecified atom stereocenters. The maximum atomic E-state index is 12.7. The Hall–Kier alpha value is -2.63. The van der Waals surface area contributed by atoms with Crippen molar-refractivity contribution >= 4 is 23.2 Å². The van der Waals surface area contributed by atoms with Crippen LogP contribution in [0.1, 0.15) is 45.4 Å². The molecular weight excluding hydrogens is 374 g/mol. The Morgan fingerprint density at radius 2 is 1.93 bits per heavy atom. The number of aryl methyl sites for hydroxylation is 2. The van der Waals surface area contributed by atoms with Gasteiger partial charge < -0.3 is 10.1 Å². The van der Waals surface area contributed by atoms with Crippen LogP contribution in [0, 0.1) is 0 Å². The van der Waals surface area contributed by atoms with E-state index in [1.54, 1.807) is 6.07 Å². The fraction of sp³-hybridized carbons (Fsp3) is 0.273. The van der Waals surface area contributed by atoms with Gasteiger partial charge in [0.2, 0.25) is 0 Å². The van der Waals surface area contributed by atoms with Gasteiger partial charge in [-0.2, -0.15) is 5.10 Å². The molecule has 1 atom stereocenters. The Balaban J connectivity index is 1.31. The van der Waals surface area contributed by atoms with Crippen molar-refractivity contribution in [3.63, 3.8) is 0 Å². The van der Waals surface area contributed by atoms with E-state index in [1.807, 2.05) is 35.0 Å². The molecule has 1 aromatic heterocycles. The molecule has 5 rings (SSSR count). The average Bonchev–Trinajstić information content (AvgIpc) is 3.34. The van der Waals surface area contributed by atoms with Gasteiger partial charge >= 0.3 is 0 Å². The van der Waals surface area contributed by atoms with E-state index in [1.165, 1.54) is 17.5 Å². The van der Waals surface area contributed by atoms with Crippen molar-refractivity contribution in [1.82, 2.24) is 9.78 Å². The number of rotatable bonds is 3. The number of ether oxygens (including phenoxy) is 1. The summed E-state index contributed by atoms with van der Waals surface area (Å²) in [4.78, 5) is 12.7. The molecule has 0 radical (unpaired) electrons. The molecule has 0 saturated carbocycles. The Labute approximate surface area is 168 Å². The second-order valence-corrected chi connectivity index (χ2v) is 7.78. The summed E-state index contributed by atoms with van der Waals surface area (Å²) in [6.07, 6.45) is 3.31. The molecular formula is C22H20ClN3O2. The largest absolute Gasteiger partial charge is 0.365 e. The lowest BCUT2D eigenvalue weighted by Crippen LogP contribution is -2.22. The van der Waals surface area contributed by atoms with E-state index < -0.39 is 0 Å². The van der Waals surface area contributed by atoms with Gasteiger partial charge in [-0.25, -0.2) is 0 Å². The highest BCUT2D eigenvalue weighted by Crippen LogP contribution is 2.28. The molecule has 2 aromatic carbocycles. The molecule has 2 aliphatic rings. The van der Waals surface area contributed by atoms with Crippen molar-refractivity contribution in [2.24, 2.45) is 0 Å². The molecule has 142 valence electrons. The fourth-order valence-corrected chi connectivity index (χ4v) is 4.09. The van der Waals surface area contributed by atoms with Gasteiger partial charge in [-0.1, -0.05) is 29.8 Å². The average molecular weight is 394 g/mol. The van der Waals surface area contributed by atoms with Gasteiger partial charge in [0.15, 0.2) is 5.69 Å². The molecule has 0 saturated heterocycles. The Morgan fingerprint density at radius 3 is 2.79 bits per heavy atom. The van der Waals surface area contributed by atoms with Crippen molar-refractivity contribution in [2.45, 2.75) is 38.5 Å². The monoisotopic (exact) mass is 393 g/mol. The number of aromatic nitrogens is 2. The van der Waals surface area contributed by atoms with Crippen LogP contribution in [0.5, 0.6) is 0 Å². The molecule has 1 aliphatic heterocycles. The topological polar surface area (TPSA) is 56.2 Å². The van der Waals surface area contributed by atoms with Gasteiger partial charge in [-0.15, -0.1) is 0 Å². The number of halogens is 1. The number of carbonyl (C=O) groups is 1. The third-order valence-corrected chi connectivity index (χ3v) is 5.72. The summed E-state index contributed by atoms with van der Waals surface area (Å²) in [5, 5.41) is 8.19. The zero-order valence-corrected chi connectivity index (χ0v) is 16.1. The van der Waals surface area contributed by atoms with E-state index in [4.69, 9.17) is 16.3 Å². The van der Waals surface area contributed by atoms with Crippen molar-refractivity contribution in [3.05, 3.63) is 81.6 Å². The van der Waals surface area contributed by atoms with Gasteiger partial charge in [0, 0.05) is 10.7 Å². The van der Waals surface area contributed by atoms with Crippen LogP contribution in [0.4, 0.5) is 5.69 Å². The van der Waals surface area contributed by atoms with Gasteiger partial charge in [0.1, 0.15) is 6.10 Å². The lowest BCUT2D eigenvalue weighted by molar-refractivity contribution is -0.00118. The molecule has 0 bridgehead atoms. The van der Waals surface area contributed by atoms with E-state index >= 15 is 0 Å². The number of carbonyl (C=O) groups excluding carboxylic acids is 1. The van der Waals surface area contributed by atoms with Gasteiger partial charge in [0.05, 0.1) is 18.8 Å². The summed E-state index contributed by atoms with van der Waals surface area (Å²) < 4.78 is 7.82. The smallest absolute Gasteiger partial charge is 0.276 e. The molecule has 0 spiro atoms. The standard InChI is InChI=1S/C22H20ClN3O2/c23-17-7-4-15(5-8-17)21-12-26-19(13-28-21)11-20(25-26)22(27)24-18-9-6-14-2-1-3-16(14)10-18/h4-11,21H,1-3,12-13H2,(H,24,27). The quantitative estimate of drug-likeness (QED) is 0.710. The summed E-state index contributed by atoms with van der Waals surface area (Å²) in [6, 6.07) is 15.6. The number of benzene rings is 2. The molecule has 3 aromatic rings. The second-order valence-electron chi connectivity index (χ2n) is 7.35. The van der Waals surface area contributed by atoms with Crippen molar-refractivity contribution in [1.29, 1.82) is 0 Å². The summed E-state index contributed by atoms with van der Waals surface area (Å²) >= 11 is 5.96. The van der Waals surface area contributed by atoms with E-state index in [-0.39, 0.29) is 12.0 Å². The predicted octanol–water partition coefficient (Wildman–Crippen LogP) is 4.55. The van der Waals surface area contributed by atoms with Crippen LogP contribution in [0.3, 0.4) is 0 Å². The van der Waals surface area contributed by atoms with Crippen LogP contribution in [0.25, 0.3) is 0 Å². The molecule has 0 fully saturated rings. The summed E-state index contributed by atoms with van der Waals surface area (Å²) in [7, 11) is 0. The van der Waals surface area contributed by atoms with Gasteiger partial charge in [0.25, 0.3) is 5.91 Å². The number of anilines is 1. The minimum atomic E-state index is -0.192. The number of hydrogen-bond donors (Lipinski definition) is 1. The van der Waals surface area contributed by atoms with Crippen molar-refractivity contribution < 1.29 is 9.53 Å². The summed E-state index contributed by atoms with van der Waals surface area (Å²) in [5.41, 5.74) is 5.92. The normalized spacial score (nSPS) is 17.8. The number of fused-ring (bicyclic) bond motifs is 2. The van der Waals surface area contributed by atoms with E-state index in [9.17, 15) is 4.79 Å². The molecule has 1 N–H and O–H groups in total. The van der Waals surface area contributed by atoms with Crippen LogP contribution < -0.4 is 5.32 Å². The Bertz CT molecular complexity index is 1040. The Kier molecular flexibility index (Phi) is 4.41. The number of nitrogens with zero attached hydrogens (tertiary/aromatic N) is 2. The highest BCUT2D eigenvalue weighted by molar-refractivity contribution is 6.30. The number of nitrogens with one attached hydrogen (secondary N) is 1. The van der Waals surface area contributed by atoms with Crippen LogP contribution in [0.15, 0.2) is 48.5 Å². The van der Waals surface area contributed by atoms with Crippen molar-refractivity contribution in [2.75, 3.05) is 5.32 Å².